The summed E-state index contributed by atoms with van der Waals surface area (Å²) in [5.74, 6) is -0.707. The molecule has 1 aliphatic rings. The molecule has 7 nitrogen and oxygen atoms in total. The van der Waals surface area contributed by atoms with E-state index in [1.54, 1.807) is 49.5 Å². The molecule has 1 aliphatic heterocycles. The maximum absolute atomic E-state index is 12.7. The fraction of sp³-hybridized carbons (Fsp3) is 0.211. The van der Waals surface area contributed by atoms with Crippen molar-refractivity contribution in [2.24, 2.45) is 0 Å². The highest BCUT2D eigenvalue weighted by Crippen LogP contribution is 2.28. The number of carbonyl (C=O) groups excluding carboxylic acids is 3. The van der Waals surface area contributed by atoms with Gasteiger partial charge >= 0.3 is 0 Å². The lowest BCUT2D eigenvalue weighted by atomic mass is 10.2. The summed E-state index contributed by atoms with van der Waals surface area (Å²) in [6.45, 7) is 0.144. The second-order valence-electron chi connectivity index (χ2n) is 6.38. The zero-order valence-electron chi connectivity index (χ0n) is 14.8. The number of hydrogen-bond donors (Lipinski definition) is 3. The molecule has 3 rings (SSSR count). The van der Waals surface area contributed by atoms with Gasteiger partial charge < -0.3 is 15.5 Å². The standard InChI is InChI=1S/C19H19ClN4O3/c1-23(10-17(25)21-14-7-3-2-6-13(14)20)12-19(27)24-11-18(26)22-15-8-4-5-9-16(15)24/h2-9H,10-12H2,1H3,(H,21,25)(H,22,26)/p+1. The predicted octanol–water partition coefficient (Wildman–Crippen LogP) is 0.779. The second-order valence-corrected chi connectivity index (χ2v) is 6.79. The van der Waals surface area contributed by atoms with Crippen LogP contribution >= 0.6 is 11.6 Å². The molecule has 0 saturated carbocycles. The van der Waals surface area contributed by atoms with Gasteiger partial charge in [-0.3, -0.25) is 19.3 Å². The molecule has 1 atom stereocenters. The molecule has 0 radical (unpaired) electrons. The maximum atomic E-state index is 12.7. The number of carbonyl (C=O) groups is 3. The number of para-hydroxylation sites is 3. The fourth-order valence-corrected chi connectivity index (χ4v) is 3.09. The van der Waals surface area contributed by atoms with Gasteiger partial charge in [-0.15, -0.1) is 0 Å². The molecule has 3 amide bonds. The van der Waals surface area contributed by atoms with Crippen LogP contribution in [0.15, 0.2) is 48.5 Å². The highest BCUT2D eigenvalue weighted by Gasteiger charge is 2.28. The number of hydrogen-bond acceptors (Lipinski definition) is 3. The van der Waals surface area contributed by atoms with E-state index in [9.17, 15) is 14.4 Å². The van der Waals surface area contributed by atoms with Crippen LogP contribution in [0.1, 0.15) is 0 Å². The minimum atomic E-state index is -0.245. The third kappa shape index (κ3) is 4.64. The van der Waals surface area contributed by atoms with Gasteiger partial charge in [0.25, 0.3) is 11.8 Å². The Bertz CT molecular complexity index is 887. The molecule has 8 heteroatoms. The number of halogens is 1. The van der Waals surface area contributed by atoms with Crippen LogP contribution in [-0.4, -0.2) is 44.4 Å². The molecule has 2 aromatic rings. The van der Waals surface area contributed by atoms with Gasteiger partial charge in [-0.25, -0.2) is 0 Å². The highest BCUT2D eigenvalue weighted by atomic mass is 35.5. The SMILES string of the molecule is C[NH+](CC(=O)Nc1ccccc1Cl)CC(=O)N1CC(=O)Nc2ccccc21. The van der Waals surface area contributed by atoms with Gasteiger partial charge in [0, 0.05) is 0 Å². The van der Waals surface area contributed by atoms with E-state index in [-0.39, 0.29) is 37.4 Å². The fourth-order valence-electron chi connectivity index (χ4n) is 2.90. The van der Waals surface area contributed by atoms with Crippen molar-refractivity contribution < 1.29 is 19.3 Å². The van der Waals surface area contributed by atoms with E-state index in [0.717, 1.165) is 0 Å². The topological polar surface area (TPSA) is 83.0 Å². The molecule has 1 unspecified atom stereocenters. The van der Waals surface area contributed by atoms with E-state index in [1.165, 1.54) is 4.90 Å². The van der Waals surface area contributed by atoms with Crippen molar-refractivity contribution >= 4 is 46.4 Å². The van der Waals surface area contributed by atoms with E-state index < -0.39 is 0 Å². The van der Waals surface area contributed by atoms with Crippen molar-refractivity contribution in [1.82, 2.24) is 0 Å². The van der Waals surface area contributed by atoms with Crippen LogP contribution in [0.4, 0.5) is 17.1 Å². The van der Waals surface area contributed by atoms with Crippen molar-refractivity contribution in [3.8, 4) is 0 Å². The quantitative estimate of drug-likeness (QED) is 0.709. The Balaban J connectivity index is 1.60. The molecule has 3 N–H and O–H groups in total. The molecule has 0 saturated heterocycles. The van der Waals surface area contributed by atoms with Crippen LogP contribution < -0.4 is 20.4 Å². The van der Waals surface area contributed by atoms with E-state index >= 15 is 0 Å². The lowest BCUT2D eigenvalue weighted by Gasteiger charge is -2.29. The first kappa shape index (κ1) is 18.9. The Morgan fingerprint density at radius 2 is 1.85 bits per heavy atom. The van der Waals surface area contributed by atoms with E-state index in [2.05, 4.69) is 10.6 Å². The van der Waals surface area contributed by atoms with Gasteiger partial charge in [-0.2, -0.15) is 0 Å². The molecule has 1 heterocycles. The molecule has 0 bridgehead atoms. The van der Waals surface area contributed by atoms with Crippen LogP contribution in [0, 0.1) is 0 Å². The van der Waals surface area contributed by atoms with Crippen LogP contribution in [-0.2, 0) is 14.4 Å². The number of quaternary nitrogens is 1. The van der Waals surface area contributed by atoms with Crippen LogP contribution in [0.2, 0.25) is 5.02 Å². The number of likely N-dealkylation sites (N-methyl/N-ethyl adjacent to an activating group) is 1. The van der Waals surface area contributed by atoms with E-state index in [4.69, 9.17) is 11.6 Å². The summed E-state index contributed by atoms with van der Waals surface area (Å²) in [7, 11) is 1.75. The third-order valence-corrected chi connectivity index (χ3v) is 4.46. The summed E-state index contributed by atoms with van der Waals surface area (Å²) in [5.41, 5.74) is 1.80. The van der Waals surface area contributed by atoms with Crippen LogP contribution in [0.25, 0.3) is 0 Å². The molecule has 27 heavy (non-hydrogen) atoms. The first-order chi connectivity index (χ1) is 12.9. The van der Waals surface area contributed by atoms with Gasteiger partial charge in [0.05, 0.1) is 29.1 Å². The molecular formula is C19H20ClN4O3+. The molecule has 0 spiro atoms. The summed E-state index contributed by atoms with van der Waals surface area (Å²) in [4.78, 5) is 38.9. The minimum Gasteiger partial charge on any atom is -0.323 e. The summed E-state index contributed by atoms with van der Waals surface area (Å²) in [5, 5.41) is 5.94. The van der Waals surface area contributed by atoms with Crippen molar-refractivity contribution in [2.75, 3.05) is 42.2 Å². The van der Waals surface area contributed by atoms with Gasteiger partial charge in [0.2, 0.25) is 5.91 Å². The number of fused-ring (bicyclic) bond motifs is 1. The summed E-state index contributed by atoms with van der Waals surface area (Å²) in [6.07, 6.45) is 0. The monoisotopic (exact) mass is 387 g/mol. The van der Waals surface area contributed by atoms with Crippen molar-refractivity contribution in [3.63, 3.8) is 0 Å². The number of amides is 3. The maximum Gasteiger partial charge on any atom is 0.282 e. The zero-order valence-corrected chi connectivity index (χ0v) is 15.5. The average molecular weight is 388 g/mol. The largest absolute Gasteiger partial charge is 0.323 e. The first-order valence-corrected chi connectivity index (χ1v) is 8.87. The lowest BCUT2D eigenvalue weighted by Crippen LogP contribution is -3.11. The van der Waals surface area contributed by atoms with Crippen molar-refractivity contribution in [3.05, 3.63) is 53.6 Å². The Kier molecular flexibility index (Phi) is 5.73. The average Bonchev–Trinajstić information content (AvgIpc) is 2.62. The first-order valence-electron chi connectivity index (χ1n) is 8.49. The predicted molar refractivity (Wildman–Crippen MR) is 104 cm³/mol. The van der Waals surface area contributed by atoms with E-state index in [1.807, 2.05) is 6.07 Å². The lowest BCUT2D eigenvalue weighted by molar-refractivity contribution is -0.862. The van der Waals surface area contributed by atoms with E-state index in [0.29, 0.717) is 27.0 Å². The van der Waals surface area contributed by atoms with Crippen LogP contribution in [0.5, 0.6) is 0 Å². The van der Waals surface area contributed by atoms with Crippen molar-refractivity contribution in [2.45, 2.75) is 0 Å². The highest BCUT2D eigenvalue weighted by molar-refractivity contribution is 6.33. The summed E-state index contributed by atoms with van der Waals surface area (Å²) >= 11 is 6.03. The smallest absolute Gasteiger partial charge is 0.282 e. The number of nitrogens with one attached hydrogen (secondary N) is 3. The number of anilines is 3. The summed E-state index contributed by atoms with van der Waals surface area (Å²) in [6, 6.07) is 14.1. The Hall–Kier alpha value is -2.90. The number of rotatable bonds is 5. The molecule has 2 aromatic carbocycles. The zero-order chi connectivity index (χ0) is 19.4. The van der Waals surface area contributed by atoms with Gasteiger partial charge in [0.1, 0.15) is 6.54 Å². The molecule has 0 fully saturated rings. The molecule has 0 aromatic heterocycles. The van der Waals surface area contributed by atoms with Gasteiger partial charge in [-0.1, -0.05) is 35.9 Å². The van der Waals surface area contributed by atoms with Gasteiger partial charge in [0.15, 0.2) is 13.1 Å². The normalized spacial score (nSPS) is 14.1. The Morgan fingerprint density at radius 3 is 2.63 bits per heavy atom. The van der Waals surface area contributed by atoms with Crippen LogP contribution in [0.3, 0.4) is 0 Å². The minimum absolute atomic E-state index is 0.0328. The summed E-state index contributed by atoms with van der Waals surface area (Å²) < 4.78 is 0. The molecule has 0 aliphatic carbocycles. The molecule has 140 valence electrons. The number of nitrogens with zero attached hydrogens (tertiary/aromatic N) is 1. The van der Waals surface area contributed by atoms with Crippen molar-refractivity contribution in [1.29, 1.82) is 0 Å². The Labute approximate surface area is 161 Å². The third-order valence-electron chi connectivity index (χ3n) is 4.13. The Morgan fingerprint density at radius 1 is 1.15 bits per heavy atom. The van der Waals surface area contributed by atoms with Gasteiger partial charge in [-0.05, 0) is 24.3 Å². The number of benzene rings is 2. The molecular weight excluding hydrogens is 368 g/mol. The second kappa shape index (κ2) is 8.20.